The molecule has 4 heteroatoms. The van der Waals surface area contributed by atoms with Crippen LogP contribution in [0.25, 0.3) is 0 Å². The summed E-state index contributed by atoms with van der Waals surface area (Å²) in [6.45, 7) is 0.784. The number of nitrogens with zero attached hydrogens (tertiary/aromatic N) is 1. The molecule has 0 aliphatic heterocycles. The van der Waals surface area contributed by atoms with Gasteiger partial charge < -0.3 is 10.4 Å². The summed E-state index contributed by atoms with van der Waals surface area (Å²) in [4.78, 5) is 0. The van der Waals surface area contributed by atoms with Crippen molar-refractivity contribution < 1.29 is 5.11 Å². The number of aliphatic hydroxyl groups is 1. The molecule has 2 N–H and O–H groups in total. The predicted molar refractivity (Wildman–Crippen MR) is 72.6 cm³/mol. The van der Waals surface area contributed by atoms with Crippen LogP contribution in [-0.2, 0) is 0 Å². The van der Waals surface area contributed by atoms with Crippen molar-refractivity contribution in [2.75, 3.05) is 11.9 Å². The molecule has 0 radical (unpaired) electrons. The second kappa shape index (κ2) is 6.08. The van der Waals surface area contributed by atoms with Gasteiger partial charge in [-0.05, 0) is 37.3 Å². The van der Waals surface area contributed by atoms with E-state index in [0.717, 1.165) is 37.9 Å². The molecule has 2 atom stereocenters. The van der Waals surface area contributed by atoms with Crippen molar-refractivity contribution >= 4 is 17.3 Å². The largest absolute Gasteiger partial charge is 0.393 e. The van der Waals surface area contributed by atoms with E-state index in [1.807, 2.05) is 12.1 Å². The first kappa shape index (κ1) is 13.2. The normalized spacial score (nSPS) is 23.4. The molecule has 1 saturated carbocycles. The van der Waals surface area contributed by atoms with Crippen molar-refractivity contribution in [3.05, 3.63) is 28.8 Å². The van der Waals surface area contributed by atoms with Crippen LogP contribution in [0.5, 0.6) is 0 Å². The Morgan fingerprint density at radius 2 is 2.28 bits per heavy atom. The Morgan fingerprint density at radius 1 is 1.44 bits per heavy atom. The van der Waals surface area contributed by atoms with Gasteiger partial charge >= 0.3 is 0 Å². The molecule has 1 aliphatic carbocycles. The topological polar surface area (TPSA) is 56.0 Å². The van der Waals surface area contributed by atoms with Crippen LogP contribution in [0.15, 0.2) is 18.2 Å². The third kappa shape index (κ3) is 3.16. The summed E-state index contributed by atoms with van der Waals surface area (Å²) in [6.07, 6.45) is 3.80. The van der Waals surface area contributed by atoms with Crippen LogP contribution < -0.4 is 5.32 Å². The van der Waals surface area contributed by atoms with E-state index in [1.54, 1.807) is 6.07 Å². The van der Waals surface area contributed by atoms with Gasteiger partial charge in [0.1, 0.15) is 6.07 Å². The van der Waals surface area contributed by atoms with E-state index in [9.17, 15) is 5.11 Å². The van der Waals surface area contributed by atoms with Crippen LogP contribution >= 0.6 is 11.6 Å². The fraction of sp³-hybridized carbons (Fsp3) is 0.500. The summed E-state index contributed by atoms with van der Waals surface area (Å²) in [7, 11) is 0. The zero-order chi connectivity index (χ0) is 13.0. The van der Waals surface area contributed by atoms with E-state index in [1.165, 1.54) is 0 Å². The highest BCUT2D eigenvalue weighted by atomic mass is 35.5. The summed E-state index contributed by atoms with van der Waals surface area (Å²) in [6, 6.07) is 7.53. The fourth-order valence-corrected chi connectivity index (χ4v) is 2.70. The average Bonchev–Trinajstić information content (AvgIpc) is 2.36. The van der Waals surface area contributed by atoms with Gasteiger partial charge in [0.05, 0.1) is 22.4 Å². The molecule has 1 aliphatic rings. The Hall–Kier alpha value is -1.24. The van der Waals surface area contributed by atoms with E-state index < -0.39 is 0 Å². The van der Waals surface area contributed by atoms with Gasteiger partial charge in [0.25, 0.3) is 0 Å². The SMILES string of the molecule is N#Cc1c(Cl)cccc1NCC1CCCC(O)C1. The lowest BCUT2D eigenvalue weighted by Crippen LogP contribution is -2.25. The highest BCUT2D eigenvalue weighted by molar-refractivity contribution is 6.32. The van der Waals surface area contributed by atoms with Gasteiger partial charge in [0.2, 0.25) is 0 Å². The van der Waals surface area contributed by atoms with Crippen molar-refractivity contribution in [3.8, 4) is 6.07 Å². The van der Waals surface area contributed by atoms with Crippen molar-refractivity contribution in [3.63, 3.8) is 0 Å². The van der Waals surface area contributed by atoms with E-state index in [0.29, 0.717) is 16.5 Å². The average molecular weight is 265 g/mol. The summed E-state index contributed by atoms with van der Waals surface area (Å²) >= 11 is 5.97. The molecule has 0 saturated heterocycles. The first-order valence-electron chi connectivity index (χ1n) is 6.31. The molecule has 0 heterocycles. The number of rotatable bonds is 3. The van der Waals surface area contributed by atoms with Crippen LogP contribution in [0.1, 0.15) is 31.2 Å². The minimum absolute atomic E-state index is 0.166. The molecule has 0 aromatic heterocycles. The van der Waals surface area contributed by atoms with Gasteiger partial charge in [-0.2, -0.15) is 5.26 Å². The number of anilines is 1. The zero-order valence-electron chi connectivity index (χ0n) is 10.2. The molecule has 0 bridgehead atoms. The molecular weight excluding hydrogens is 248 g/mol. The maximum Gasteiger partial charge on any atom is 0.103 e. The highest BCUT2D eigenvalue weighted by Crippen LogP contribution is 2.27. The Balaban J connectivity index is 1.98. The minimum atomic E-state index is -0.166. The standard InChI is InChI=1S/C14H17ClN2O/c15-13-5-2-6-14(12(13)8-16)17-9-10-3-1-4-11(18)7-10/h2,5-6,10-11,17-18H,1,3-4,7,9H2. The van der Waals surface area contributed by atoms with E-state index in [-0.39, 0.29) is 6.10 Å². The van der Waals surface area contributed by atoms with Gasteiger partial charge in [-0.3, -0.25) is 0 Å². The van der Waals surface area contributed by atoms with Crippen molar-refractivity contribution in [2.24, 2.45) is 5.92 Å². The quantitative estimate of drug-likeness (QED) is 0.882. The second-order valence-electron chi connectivity index (χ2n) is 4.84. The summed E-state index contributed by atoms with van der Waals surface area (Å²) in [5, 5.41) is 22.4. The Morgan fingerprint density at radius 3 is 3.00 bits per heavy atom. The first-order valence-corrected chi connectivity index (χ1v) is 6.69. The summed E-state index contributed by atoms with van der Waals surface area (Å²) in [5.41, 5.74) is 1.28. The van der Waals surface area contributed by atoms with Gasteiger partial charge in [-0.15, -0.1) is 0 Å². The van der Waals surface area contributed by atoms with Crippen LogP contribution in [0, 0.1) is 17.2 Å². The number of benzene rings is 1. The van der Waals surface area contributed by atoms with E-state index >= 15 is 0 Å². The third-order valence-electron chi connectivity index (χ3n) is 3.46. The maximum absolute atomic E-state index is 9.62. The molecule has 96 valence electrons. The fourth-order valence-electron chi connectivity index (χ4n) is 2.49. The second-order valence-corrected chi connectivity index (χ2v) is 5.25. The molecule has 1 fully saturated rings. The number of aliphatic hydroxyl groups excluding tert-OH is 1. The Kier molecular flexibility index (Phi) is 4.46. The van der Waals surface area contributed by atoms with Crippen molar-refractivity contribution in [1.82, 2.24) is 0 Å². The molecule has 2 unspecified atom stereocenters. The summed E-state index contributed by atoms with van der Waals surface area (Å²) in [5.74, 6) is 0.472. The predicted octanol–water partition coefficient (Wildman–Crippen LogP) is 3.17. The van der Waals surface area contributed by atoms with E-state index in [2.05, 4.69) is 11.4 Å². The Labute approximate surface area is 112 Å². The Bertz CT molecular complexity index is 456. The van der Waals surface area contributed by atoms with E-state index in [4.69, 9.17) is 16.9 Å². The van der Waals surface area contributed by atoms with Gasteiger partial charge in [-0.1, -0.05) is 24.1 Å². The maximum atomic E-state index is 9.62. The molecule has 18 heavy (non-hydrogen) atoms. The molecule has 1 aromatic rings. The van der Waals surface area contributed by atoms with Gasteiger partial charge in [-0.25, -0.2) is 0 Å². The monoisotopic (exact) mass is 264 g/mol. The lowest BCUT2D eigenvalue weighted by molar-refractivity contribution is 0.105. The van der Waals surface area contributed by atoms with Crippen LogP contribution in [-0.4, -0.2) is 17.8 Å². The summed E-state index contributed by atoms with van der Waals surface area (Å²) < 4.78 is 0. The number of hydrogen-bond acceptors (Lipinski definition) is 3. The number of hydrogen-bond donors (Lipinski definition) is 2. The van der Waals surface area contributed by atoms with Gasteiger partial charge in [0, 0.05) is 6.54 Å². The molecular formula is C14H17ClN2O. The van der Waals surface area contributed by atoms with Crippen molar-refractivity contribution in [2.45, 2.75) is 31.8 Å². The lowest BCUT2D eigenvalue weighted by atomic mass is 9.87. The van der Waals surface area contributed by atoms with Crippen LogP contribution in [0.3, 0.4) is 0 Å². The molecule has 0 spiro atoms. The smallest absolute Gasteiger partial charge is 0.103 e. The number of halogens is 1. The van der Waals surface area contributed by atoms with Crippen LogP contribution in [0.4, 0.5) is 5.69 Å². The molecule has 2 rings (SSSR count). The zero-order valence-corrected chi connectivity index (χ0v) is 11.0. The third-order valence-corrected chi connectivity index (χ3v) is 3.78. The van der Waals surface area contributed by atoms with Crippen molar-refractivity contribution in [1.29, 1.82) is 5.26 Å². The highest BCUT2D eigenvalue weighted by Gasteiger charge is 2.20. The minimum Gasteiger partial charge on any atom is -0.393 e. The van der Waals surface area contributed by atoms with Gasteiger partial charge in [0.15, 0.2) is 0 Å². The molecule has 3 nitrogen and oxygen atoms in total. The lowest BCUT2D eigenvalue weighted by Gasteiger charge is -2.26. The molecule has 0 amide bonds. The number of nitrogens with one attached hydrogen (secondary N) is 1. The van der Waals surface area contributed by atoms with Crippen LogP contribution in [0.2, 0.25) is 5.02 Å². The molecule has 1 aromatic carbocycles. The number of nitriles is 1. The first-order chi connectivity index (χ1) is 8.70.